The second-order valence-electron chi connectivity index (χ2n) is 4.21. The number of pyridine rings is 1. The number of halogens is 1. The summed E-state index contributed by atoms with van der Waals surface area (Å²) in [7, 11) is -3.36. The van der Waals surface area contributed by atoms with Crippen LogP contribution in [-0.2, 0) is 10.0 Å². The van der Waals surface area contributed by atoms with E-state index in [2.05, 4.69) is 20.9 Å². The average molecular weight is 347 g/mol. The molecule has 7 heteroatoms. The second kappa shape index (κ2) is 4.56. The van der Waals surface area contributed by atoms with Crippen LogP contribution in [0.25, 0.3) is 10.2 Å². The maximum atomic E-state index is 12.4. The lowest BCUT2D eigenvalue weighted by molar-refractivity contribution is 0.477. The Morgan fingerprint density at radius 3 is 2.78 bits per heavy atom. The molecule has 0 radical (unpaired) electrons. The van der Waals surface area contributed by atoms with Crippen LogP contribution in [0.3, 0.4) is 0 Å². The summed E-state index contributed by atoms with van der Waals surface area (Å²) >= 11 is 4.89. The first kappa shape index (κ1) is 12.5. The van der Waals surface area contributed by atoms with Gasteiger partial charge in [0.2, 0.25) is 10.0 Å². The zero-order valence-electron chi connectivity index (χ0n) is 9.47. The molecule has 18 heavy (non-hydrogen) atoms. The number of hydrogen-bond donors (Lipinski definition) is 0. The summed E-state index contributed by atoms with van der Waals surface area (Å²) in [5, 5.41) is 1.92. The monoisotopic (exact) mass is 346 g/mol. The molecule has 0 spiro atoms. The van der Waals surface area contributed by atoms with Crippen LogP contribution in [0, 0.1) is 0 Å². The molecule has 3 rings (SSSR count). The zero-order valence-corrected chi connectivity index (χ0v) is 12.7. The average Bonchev–Trinajstić information content (AvgIpc) is 2.99. The normalized spacial score (nSPS) is 17.6. The fourth-order valence-electron chi connectivity index (χ4n) is 2.09. The molecule has 1 aliphatic heterocycles. The van der Waals surface area contributed by atoms with Gasteiger partial charge in [-0.1, -0.05) is 0 Å². The minimum Gasteiger partial charge on any atom is -0.253 e. The van der Waals surface area contributed by atoms with Crippen molar-refractivity contribution in [3.63, 3.8) is 0 Å². The van der Waals surface area contributed by atoms with Crippen molar-refractivity contribution in [1.29, 1.82) is 0 Å². The Kier molecular flexibility index (Phi) is 3.17. The molecule has 0 bridgehead atoms. The zero-order chi connectivity index (χ0) is 12.8. The van der Waals surface area contributed by atoms with E-state index in [-0.39, 0.29) is 0 Å². The fourth-order valence-corrected chi connectivity index (χ4v) is 5.19. The van der Waals surface area contributed by atoms with Gasteiger partial charge in [-0.25, -0.2) is 8.42 Å². The summed E-state index contributed by atoms with van der Waals surface area (Å²) in [6.07, 6.45) is 3.34. The van der Waals surface area contributed by atoms with Gasteiger partial charge >= 0.3 is 0 Å². The highest BCUT2D eigenvalue weighted by Crippen LogP contribution is 2.31. The van der Waals surface area contributed by atoms with E-state index in [9.17, 15) is 8.42 Å². The summed E-state index contributed by atoms with van der Waals surface area (Å²) in [6, 6.07) is 1.71. The Morgan fingerprint density at radius 2 is 2.06 bits per heavy atom. The molecule has 4 nitrogen and oxygen atoms in total. The third-order valence-electron chi connectivity index (χ3n) is 3.05. The van der Waals surface area contributed by atoms with Gasteiger partial charge in [-0.15, -0.1) is 11.3 Å². The van der Waals surface area contributed by atoms with Gasteiger partial charge in [0.05, 0.1) is 14.7 Å². The molecule has 0 atom stereocenters. The van der Waals surface area contributed by atoms with Crippen molar-refractivity contribution < 1.29 is 8.42 Å². The number of nitrogens with zero attached hydrogens (tertiary/aromatic N) is 2. The summed E-state index contributed by atoms with van der Waals surface area (Å²) in [5.74, 6) is 0. The topological polar surface area (TPSA) is 50.3 Å². The van der Waals surface area contributed by atoms with E-state index < -0.39 is 10.0 Å². The summed E-state index contributed by atoms with van der Waals surface area (Å²) in [4.78, 5) is 4.53. The number of rotatable bonds is 2. The summed E-state index contributed by atoms with van der Waals surface area (Å²) < 4.78 is 28.1. The highest BCUT2D eigenvalue weighted by molar-refractivity contribution is 9.10. The molecule has 2 aromatic rings. The largest absolute Gasteiger partial charge is 0.253 e. The molecule has 1 saturated heterocycles. The molecule has 2 aromatic heterocycles. The number of aromatic nitrogens is 1. The molecular formula is C11H11BrN2O2S2. The predicted octanol–water partition coefficient (Wildman–Crippen LogP) is 2.84. The van der Waals surface area contributed by atoms with E-state index >= 15 is 0 Å². The van der Waals surface area contributed by atoms with Crippen LogP contribution in [0.5, 0.6) is 0 Å². The first-order valence-electron chi connectivity index (χ1n) is 5.62. The van der Waals surface area contributed by atoms with Crippen LogP contribution in [0.1, 0.15) is 12.8 Å². The quantitative estimate of drug-likeness (QED) is 0.839. The minimum atomic E-state index is -3.36. The van der Waals surface area contributed by atoms with Crippen molar-refractivity contribution in [2.75, 3.05) is 13.1 Å². The first-order chi connectivity index (χ1) is 8.59. The molecule has 0 saturated carbocycles. The Bertz CT molecular complexity index is 690. The number of thiophene rings is 1. The van der Waals surface area contributed by atoms with Crippen molar-refractivity contribution in [1.82, 2.24) is 9.29 Å². The maximum Gasteiger partial charge on any atom is 0.244 e. The minimum absolute atomic E-state index is 0.297. The van der Waals surface area contributed by atoms with E-state index in [1.54, 1.807) is 10.4 Å². The molecule has 0 aromatic carbocycles. The van der Waals surface area contributed by atoms with E-state index in [0.29, 0.717) is 18.0 Å². The third-order valence-corrected chi connectivity index (χ3v) is 6.74. The molecule has 0 N–H and O–H groups in total. The highest BCUT2D eigenvalue weighted by Gasteiger charge is 2.27. The number of sulfonamides is 1. The SMILES string of the molecule is O=S(=O)(c1cnc2c(Br)csc2c1)N1CCCC1. The molecule has 0 unspecified atom stereocenters. The molecule has 1 aliphatic rings. The highest BCUT2D eigenvalue weighted by atomic mass is 79.9. The Hall–Kier alpha value is -0.500. The van der Waals surface area contributed by atoms with Crippen LogP contribution in [0.15, 0.2) is 27.0 Å². The maximum absolute atomic E-state index is 12.4. The lowest BCUT2D eigenvalue weighted by Gasteiger charge is -2.14. The van der Waals surface area contributed by atoms with Crippen LogP contribution >= 0.6 is 27.3 Å². The summed E-state index contributed by atoms with van der Waals surface area (Å²) in [5.41, 5.74) is 0.820. The molecule has 3 heterocycles. The molecule has 0 amide bonds. The standard InChI is InChI=1S/C11H11BrN2O2S2/c12-9-7-17-10-5-8(6-13-11(9)10)18(15,16)14-3-1-2-4-14/h5-7H,1-4H2. The van der Waals surface area contributed by atoms with Gasteiger partial charge in [0.25, 0.3) is 0 Å². The number of fused-ring (bicyclic) bond motifs is 1. The fraction of sp³-hybridized carbons (Fsp3) is 0.364. The van der Waals surface area contributed by atoms with Gasteiger partial charge in [-0.2, -0.15) is 4.31 Å². The Morgan fingerprint density at radius 1 is 1.33 bits per heavy atom. The van der Waals surface area contributed by atoms with Gasteiger partial charge in [0.15, 0.2) is 0 Å². The van der Waals surface area contributed by atoms with Crippen molar-refractivity contribution in [3.8, 4) is 0 Å². The Balaban J connectivity index is 2.08. The van der Waals surface area contributed by atoms with E-state index in [0.717, 1.165) is 27.5 Å². The van der Waals surface area contributed by atoms with E-state index in [1.807, 2.05) is 5.38 Å². The van der Waals surface area contributed by atoms with Gasteiger partial charge in [0, 0.05) is 24.7 Å². The molecule has 96 valence electrons. The Labute approximate surface area is 118 Å². The lowest BCUT2D eigenvalue weighted by atomic mass is 10.4. The van der Waals surface area contributed by atoms with Crippen molar-refractivity contribution >= 4 is 47.5 Å². The van der Waals surface area contributed by atoms with Crippen LogP contribution < -0.4 is 0 Å². The van der Waals surface area contributed by atoms with E-state index in [1.165, 1.54) is 17.5 Å². The molecular weight excluding hydrogens is 336 g/mol. The third kappa shape index (κ3) is 1.99. The first-order valence-corrected chi connectivity index (χ1v) is 8.73. The smallest absolute Gasteiger partial charge is 0.244 e. The van der Waals surface area contributed by atoms with Gasteiger partial charge < -0.3 is 0 Å². The molecule has 0 aliphatic carbocycles. The van der Waals surface area contributed by atoms with Crippen molar-refractivity contribution in [2.45, 2.75) is 17.7 Å². The van der Waals surface area contributed by atoms with Gasteiger partial charge in [-0.05, 0) is 34.8 Å². The van der Waals surface area contributed by atoms with Crippen molar-refractivity contribution in [2.24, 2.45) is 0 Å². The van der Waals surface area contributed by atoms with Crippen LogP contribution in [-0.4, -0.2) is 30.8 Å². The van der Waals surface area contributed by atoms with Crippen LogP contribution in [0.2, 0.25) is 0 Å². The van der Waals surface area contributed by atoms with E-state index in [4.69, 9.17) is 0 Å². The second-order valence-corrected chi connectivity index (χ2v) is 7.92. The summed E-state index contributed by atoms with van der Waals surface area (Å²) in [6.45, 7) is 1.24. The van der Waals surface area contributed by atoms with Gasteiger partial charge in [0.1, 0.15) is 4.90 Å². The van der Waals surface area contributed by atoms with Gasteiger partial charge in [-0.3, -0.25) is 4.98 Å². The number of hydrogen-bond acceptors (Lipinski definition) is 4. The van der Waals surface area contributed by atoms with Crippen LogP contribution in [0.4, 0.5) is 0 Å². The predicted molar refractivity (Wildman–Crippen MR) is 75.3 cm³/mol. The lowest BCUT2D eigenvalue weighted by Crippen LogP contribution is -2.27. The van der Waals surface area contributed by atoms with Crippen molar-refractivity contribution in [3.05, 3.63) is 22.1 Å². The molecule has 1 fully saturated rings.